The summed E-state index contributed by atoms with van der Waals surface area (Å²) in [5, 5.41) is 4.02. The van der Waals surface area contributed by atoms with Crippen LogP contribution in [0.3, 0.4) is 0 Å². The van der Waals surface area contributed by atoms with Crippen LogP contribution in [0.5, 0.6) is 0 Å². The van der Waals surface area contributed by atoms with Crippen LogP contribution in [0.1, 0.15) is 82.8 Å². The lowest BCUT2D eigenvalue weighted by molar-refractivity contribution is -0.121. The molecule has 1 aromatic carbocycles. The lowest BCUT2D eigenvalue weighted by atomic mass is 10.0. The fourth-order valence-corrected chi connectivity index (χ4v) is 2.27. The van der Waals surface area contributed by atoms with E-state index in [1.165, 1.54) is 31.2 Å². The second-order valence-corrected chi connectivity index (χ2v) is 6.13. The molecule has 1 aromatic rings. The van der Waals surface area contributed by atoms with E-state index in [0.717, 1.165) is 18.4 Å². The van der Waals surface area contributed by atoms with Crippen LogP contribution < -0.4 is 5.43 Å². The number of benzene rings is 1. The van der Waals surface area contributed by atoms with Crippen molar-refractivity contribution in [3.8, 4) is 0 Å². The first-order chi connectivity index (χ1) is 10.6. The summed E-state index contributed by atoms with van der Waals surface area (Å²) in [7, 11) is 0. The number of hydrogen-bond donors (Lipinski definition) is 1. The number of hydrazone groups is 1. The summed E-state index contributed by atoms with van der Waals surface area (Å²) < 4.78 is 0. The fraction of sp³-hybridized carbons (Fsp3) is 0.579. The van der Waals surface area contributed by atoms with Gasteiger partial charge in [-0.25, -0.2) is 5.43 Å². The Balaban J connectivity index is 2.20. The van der Waals surface area contributed by atoms with Crippen molar-refractivity contribution in [1.29, 1.82) is 0 Å². The largest absolute Gasteiger partial charge is 0.273 e. The van der Waals surface area contributed by atoms with Crippen molar-refractivity contribution in [2.45, 2.75) is 71.6 Å². The number of carbonyl (C=O) groups is 1. The molecule has 0 spiro atoms. The molecule has 0 heterocycles. The van der Waals surface area contributed by atoms with Gasteiger partial charge in [-0.05, 0) is 23.5 Å². The Hall–Kier alpha value is -1.64. The minimum absolute atomic E-state index is 0.00513. The number of nitrogens with one attached hydrogen (secondary N) is 1. The van der Waals surface area contributed by atoms with Crippen molar-refractivity contribution in [1.82, 2.24) is 5.43 Å². The molecule has 0 aliphatic rings. The van der Waals surface area contributed by atoms with Gasteiger partial charge in [0, 0.05) is 6.42 Å². The molecule has 1 amide bonds. The van der Waals surface area contributed by atoms with Gasteiger partial charge < -0.3 is 0 Å². The summed E-state index contributed by atoms with van der Waals surface area (Å²) in [6.45, 7) is 6.55. The Labute approximate surface area is 135 Å². The van der Waals surface area contributed by atoms with E-state index in [2.05, 4.69) is 43.4 Å². The average molecular weight is 302 g/mol. The molecular weight excluding hydrogens is 272 g/mol. The number of unbranched alkanes of at least 4 members (excludes halogenated alkanes) is 5. The van der Waals surface area contributed by atoms with Gasteiger partial charge in [0.15, 0.2) is 0 Å². The first-order valence-electron chi connectivity index (χ1n) is 8.55. The fourth-order valence-electron chi connectivity index (χ4n) is 2.27. The molecule has 0 radical (unpaired) electrons. The zero-order valence-corrected chi connectivity index (χ0v) is 14.3. The van der Waals surface area contributed by atoms with Gasteiger partial charge in [0.2, 0.25) is 5.91 Å². The molecule has 0 aliphatic heterocycles. The quantitative estimate of drug-likeness (QED) is 0.368. The third-order valence-corrected chi connectivity index (χ3v) is 3.76. The lowest BCUT2D eigenvalue weighted by Gasteiger charge is -2.04. The number of amides is 1. The third kappa shape index (κ3) is 7.96. The van der Waals surface area contributed by atoms with E-state index < -0.39 is 0 Å². The summed E-state index contributed by atoms with van der Waals surface area (Å²) >= 11 is 0. The maximum Gasteiger partial charge on any atom is 0.240 e. The van der Waals surface area contributed by atoms with Crippen LogP contribution in [0, 0.1) is 0 Å². The normalized spacial score (nSPS) is 11.3. The summed E-state index contributed by atoms with van der Waals surface area (Å²) in [6, 6.07) is 8.26. The standard InChI is InChI=1S/C19H30N2O/c1-4-5-6-7-8-9-10-19(22)21-20-15-17-11-13-18(14-12-17)16(2)3/h11-16H,4-10H2,1-3H3,(H,21,22)/b20-15+. The summed E-state index contributed by atoms with van der Waals surface area (Å²) in [6.07, 6.45) is 9.41. The van der Waals surface area contributed by atoms with Crippen molar-refractivity contribution in [3.05, 3.63) is 35.4 Å². The summed E-state index contributed by atoms with van der Waals surface area (Å²) in [5.74, 6) is 0.536. The molecule has 0 saturated heterocycles. The van der Waals surface area contributed by atoms with Crippen LogP contribution in [0.2, 0.25) is 0 Å². The molecule has 1 N–H and O–H groups in total. The van der Waals surface area contributed by atoms with Crippen molar-refractivity contribution in [3.63, 3.8) is 0 Å². The Bertz CT molecular complexity index is 449. The minimum Gasteiger partial charge on any atom is -0.273 e. The SMILES string of the molecule is CCCCCCCCC(=O)N/N=C/c1ccc(C(C)C)cc1. The van der Waals surface area contributed by atoms with E-state index in [9.17, 15) is 4.79 Å². The first-order valence-corrected chi connectivity index (χ1v) is 8.55. The van der Waals surface area contributed by atoms with Crippen LogP contribution in [-0.4, -0.2) is 12.1 Å². The van der Waals surface area contributed by atoms with Crippen molar-refractivity contribution >= 4 is 12.1 Å². The Morgan fingerprint density at radius 1 is 1.09 bits per heavy atom. The van der Waals surface area contributed by atoms with Gasteiger partial charge in [-0.3, -0.25) is 4.79 Å². The zero-order chi connectivity index (χ0) is 16.2. The number of carbonyl (C=O) groups excluding carboxylic acids is 1. The van der Waals surface area contributed by atoms with Crippen molar-refractivity contribution in [2.24, 2.45) is 5.10 Å². The molecule has 1 rings (SSSR count). The van der Waals surface area contributed by atoms with Crippen LogP contribution >= 0.6 is 0 Å². The van der Waals surface area contributed by atoms with Gasteiger partial charge in [-0.2, -0.15) is 5.10 Å². The lowest BCUT2D eigenvalue weighted by Crippen LogP contribution is -2.16. The predicted octanol–water partition coefficient (Wildman–Crippen LogP) is 5.01. The van der Waals surface area contributed by atoms with E-state index in [4.69, 9.17) is 0 Å². The molecule has 0 unspecified atom stereocenters. The highest BCUT2D eigenvalue weighted by Gasteiger charge is 2.00. The highest BCUT2D eigenvalue weighted by atomic mass is 16.2. The van der Waals surface area contributed by atoms with E-state index in [1.807, 2.05) is 12.1 Å². The molecule has 0 saturated carbocycles. The number of hydrogen-bond acceptors (Lipinski definition) is 2. The minimum atomic E-state index is 0.00513. The number of nitrogens with zero attached hydrogens (tertiary/aromatic N) is 1. The highest BCUT2D eigenvalue weighted by molar-refractivity contribution is 5.82. The molecule has 22 heavy (non-hydrogen) atoms. The molecule has 122 valence electrons. The predicted molar refractivity (Wildman–Crippen MR) is 94.3 cm³/mol. The van der Waals surface area contributed by atoms with Crippen LogP contribution in [0.15, 0.2) is 29.4 Å². The van der Waals surface area contributed by atoms with Gasteiger partial charge in [0.25, 0.3) is 0 Å². The van der Waals surface area contributed by atoms with E-state index >= 15 is 0 Å². The second-order valence-electron chi connectivity index (χ2n) is 6.13. The van der Waals surface area contributed by atoms with E-state index in [-0.39, 0.29) is 5.91 Å². The molecule has 0 aromatic heterocycles. The Morgan fingerprint density at radius 2 is 1.73 bits per heavy atom. The summed E-state index contributed by atoms with van der Waals surface area (Å²) in [4.78, 5) is 11.6. The molecule has 0 fully saturated rings. The Kier molecular flexibility index (Phi) is 9.20. The number of rotatable bonds is 10. The molecule has 0 bridgehead atoms. The summed E-state index contributed by atoms with van der Waals surface area (Å²) in [5.41, 5.74) is 4.91. The van der Waals surface area contributed by atoms with Crippen LogP contribution in [0.4, 0.5) is 0 Å². The van der Waals surface area contributed by atoms with Crippen molar-refractivity contribution in [2.75, 3.05) is 0 Å². The zero-order valence-electron chi connectivity index (χ0n) is 14.3. The smallest absolute Gasteiger partial charge is 0.240 e. The Morgan fingerprint density at radius 3 is 2.36 bits per heavy atom. The van der Waals surface area contributed by atoms with E-state index in [0.29, 0.717) is 12.3 Å². The van der Waals surface area contributed by atoms with E-state index in [1.54, 1.807) is 6.21 Å². The maximum atomic E-state index is 11.6. The van der Waals surface area contributed by atoms with Crippen LogP contribution in [-0.2, 0) is 4.79 Å². The van der Waals surface area contributed by atoms with Gasteiger partial charge in [-0.1, -0.05) is 77.1 Å². The highest BCUT2D eigenvalue weighted by Crippen LogP contribution is 2.13. The molecular formula is C19H30N2O. The molecule has 3 heteroatoms. The first kappa shape index (κ1) is 18.4. The van der Waals surface area contributed by atoms with Crippen LogP contribution in [0.25, 0.3) is 0 Å². The van der Waals surface area contributed by atoms with Gasteiger partial charge in [-0.15, -0.1) is 0 Å². The molecule has 3 nitrogen and oxygen atoms in total. The molecule has 0 atom stereocenters. The average Bonchev–Trinajstić information content (AvgIpc) is 2.51. The van der Waals surface area contributed by atoms with Gasteiger partial charge >= 0.3 is 0 Å². The second kappa shape index (κ2) is 11.0. The van der Waals surface area contributed by atoms with Gasteiger partial charge in [0.1, 0.15) is 0 Å². The maximum absolute atomic E-state index is 11.6. The topological polar surface area (TPSA) is 41.5 Å². The third-order valence-electron chi connectivity index (χ3n) is 3.76. The van der Waals surface area contributed by atoms with Crippen molar-refractivity contribution < 1.29 is 4.79 Å². The monoisotopic (exact) mass is 302 g/mol. The van der Waals surface area contributed by atoms with Gasteiger partial charge in [0.05, 0.1) is 6.21 Å². The molecule has 0 aliphatic carbocycles.